The SMILES string of the molecule is Cc1noc(C)c1S(=O)(=O)NCC(=O)NCCSCc1ccccc1. The van der Waals surface area contributed by atoms with Crippen molar-refractivity contribution in [3.8, 4) is 0 Å². The highest BCUT2D eigenvalue weighted by atomic mass is 32.2. The molecule has 0 atom stereocenters. The Hall–Kier alpha value is -1.84. The van der Waals surface area contributed by atoms with E-state index in [2.05, 4.69) is 27.3 Å². The van der Waals surface area contributed by atoms with E-state index in [0.717, 1.165) is 11.5 Å². The van der Waals surface area contributed by atoms with Gasteiger partial charge >= 0.3 is 0 Å². The second kappa shape index (κ2) is 9.02. The molecule has 1 aromatic carbocycles. The van der Waals surface area contributed by atoms with E-state index in [1.807, 2.05) is 18.2 Å². The zero-order valence-corrected chi connectivity index (χ0v) is 15.7. The highest BCUT2D eigenvalue weighted by molar-refractivity contribution is 7.98. The third-order valence-electron chi connectivity index (χ3n) is 3.34. The van der Waals surface area contributed by atoms with Crippen molar-refractivity contribution in [2.75, 3.05) is 18.8 Å². The maximum Gasteiger partial charge on any atom is 0.246 e. The Kier molecular flexibility index (Phi) is 7.03. The van der Waals surface area contributed by atoms with Crippen LogP contribution in [0.2, 0.25) is 0 Å². The summed E-state index contributed by atoms with van der Waals surface area (Å²) in [5, 5.41) is 6.30. The van der Waals surface area contributed by atoms with Crippen LogP contribution in [-0.2, 0) is 20.6 Å². The zero-order chi connectivity index (χ0) is 18.3. The van der Waals surface area contributed by atoms with Crippen molar-refractivity contribution in [1.29, 1.82) is 0 Å². The van der Waals surface area contributed by atoms with Crippen LogP contribution in [0.4, 0.5) is 0 Å². The summed E-state index contributed by atoms with van der Waals surface area (Å²) in [4.78, 5) is 11.8. The van der Waals surface area contributed by atoms with Gasteiger partial charge in [0, 0.05) is 18.1 Å². The Morgan fingerprint density at radius 2 is 1.96 bits per heavy atom. The quantitative estimate of drug-likeness (QED) is 0.638. The first kappa shape index (κ1) is 19.5. The van der Waals surface area contributed by atoms with Gasteiger partial charge in [-0.1, -0.05) is 35.5 Å². The first-order valence-corrected chi connectivity index (χ1v) is 10.3. The van der Waals surface area contributed by atoms with Gasteiger partial charge in [0.05, 0.1) is 6.54 Å². The van der Waals surface area contributed by atoms with Crippen molar-refractivity contribution in [3.63, 3.8) is 0 Å². The smallest absolute Gasteiger partial charge is 0.246 e. The summed E-state index contributed by atoms with van der Waals surface area (Å²) in [5.74, 6) is 1.44. The second-order valence-electron chi connectivity index (χ2n) is 5.37. The van der Waals surface area contributed by atoms with E-state index in [9.17, 15) is 13.2 Å². The number of sulfonamides is 1. The number of carbonyl (C=O) groups excluding carboxylic acids is 1. The first-order valence-electron chi connectivity index (χ1n) is 7.71. The number of nitrogens with one attached hydrogen (secondary N) is 2. The Morgan fingerprint density at radius 1 is 1.24 bits per heavy atom. The summed E-state index contributed by atoms with van der Waals surface area (Å²) in [5.41, 5.74) is 1.49. The summed E-state index contributed by atoms with van der Waals surface area (Å²) in [6, 6.07) is 10.0. The molecule has 0 saturated carbocycles. The number of hydrogen-bond donors (Lipinski definition) is 2. The largest absolute Gasteiger partial charge is 0.360 e. The maximum absolute atomic E-state index is 12.2. The van der Waals surface area contributed by atoms with Crippen molar-refractivity contribution in [3.05, 3.63) is 47.3 Å². The van der Waals surface area contributed by atoms with Crippen LogP contribution in [0.5, 0.6) is 0 Å². The molecule has 0 radical (unpaired) electrons. The molecule has 0 fully saturated rings. The minimum Gasteiger partial charge on any atom is -0.360 e. The van der Waals surface area contributed by atoms with Gasteiger partial charge < -0.3 is 9.84 Å². The van der Waals surface area contributed by atoms with E-state index in [4.69, 9.17) is 4.52 Å². The lowest BCUT2D eigenvalue weighted by molar-refractivity contribution is -0.119. The molecule has 25 heavy (non-hydrogen) atoms. The standard InChI is InChI=1S/C16H21N3O4S2/c1-12-16(13(2)23-19-12)25(21,22)18-10-15(20)17-8-9-24-11-14-6-4-3-5-7-14/h3-7,18H,8-11H2,1-2H3,(H,17,20). The number of thioether (sulfide) groups is 1. The number of aryl methyl sites for hydroxylation is 2. The van der Waals surface area contributed by atoms with Crippen LogP contribution in [0.1, 0.15) is 17.0 Å². The summed E-state index contributed by atoms with van der Waals surface area (Å²) in [6.45, 7) is 3.20. The van der Waals surface area contributed by atoms with Crippen LogP contribution in [0, 0.1) is 13.8 Å². The number of amides is 1. The van der Waals surface area contributed by atoms with Gasteiger partial charge in [0.2, 0.25) is 15.9 Å². The van der Waals surface area contributed by atoms with Crippen LogP contribution in [0.3, 0.4) is 0 Å². The predicted octanol–water partition coefficient (Wildman–Crippen LogP) is 1.62. The van der Waals surface area contributed by atoms with E-state index in [-0.39, 0.29) is 28.8 Å². The molecule has 1 aromatic heterocycles. The molecule has 0 aliphatic rings. The van der Waals surface area contributed by atoms with Crippen LogP contribution in [0.25, 0.3) is 0 Å². The molecule has 136 valence electrons. The molecule has 2 rings (SSSR count). The molecule has 9 heteroatoms. The lowest BCUT2D eigenvalue weighted by Crippen LogP contribution is -2.38. The number of nitrogens with zero attached hydrogens (tertiary/aromatic N) is 1. The fourth-order valence-corrected chi connectivity index (χ4v) is 4.31. The van der Waals surface area contributed by atoms with E-state index in [1.165, 1.54) is 19.4 Å². The van der Waals surface area contributed by atoms with Crippen molar-refractivity contribution >= 4 is 27.7 Å². The van der Waals surface area contributed by atoms with Gasteiger partial charge in [-0.3, -0.25) is 4.79 Å². The van der Waals surface area contributed by atoms with E-state index in [0.29, 0.717) is 6.54 Å². The lowest BCUT2D eigenvalue weighted by atomic mass is 10.2. The van der Waals surface area contributed by atoms with E-state index in [1.54, 1.807) is 11.8 Å². The van der Waals surface area contributed by atoms with Gasteiger partial charge in [-0.15, -0.1) is 0 Å². The summed E-state index contributed by atoms with van der Waals surface area (Å²) < 4.78 is 31.5. The molecular weight excluding hydrogens is 362 g/mol. The van der Waals surface area contributed by atoms with Gasteiger partial charge in [0.15, 0.2) is 5.76 Å². The summed E-state index contributed by atoms with van der Waals surface area (Å²) >= 11 is 1.70. The molecule has 0 saturated heterocycles. The molecule has 0 bridgehead atoms. The first-order chi connectivity index (χ1) is 11.9. The molecule has 2 N–H and O–H groups in total. The molecule has 0 aliphatic carbocycles. The molecule has 7 nitrogen and oxygen atoms in total. The van der Waals surface area contributed by atoms with Gasteiger partial charge in [-0.2, -0.15) is 11.8 Å². The number of hydrogen-bond acceptors (Lipinski definition) is 6. The lowest BCUT2D eigenvalue weighted by Gasteiger charge is -2.07. The average Bonchev–Trinajstić information content (AvgIpc) is 2.93. The van der Waals surface area contributed by atoms with Crippen LogP contribution in [-0.4, -0.2) is 38.3 Å². The Bertz CT molecular complexity index is 785. The van der Waals surface area contributed by atoms with Crippen LogP contribution in [0.15, 0.2) is 39.8 Å². The third kappa shape index (κ3) is 5.87. The molecule has 2 aromatic rings. The van der Waals surface area contributed by atoms with Gasteiger partial charge in [0.1, 0.15) is 10.6 Å². The van der Waals surface area contributed by atoms with Crippen molar-refractivity contribution < 1.29 is 17.7 Å². The molecule has 1 heterocycles. The van der Waals surface area contributed by atoms with Gasteiger partial charge in [-0.25, -0.2) is 13.1 Å². The van der Waals surface area contributed by atoms with Gasteiger partial charge in [0.25, 0.3) is 0 Å². The Labute approximate surface area is 151 Å². The van der Waals surface area contributed by atoms with Crippen molar-refractivity contribution in [2.45, 2.75) is 24.5 Å². The highest BCUT2D eigenvalue weighted by Crippen LogP contribution is 2.18. The molecule has 1 amide bonds. The predicted molar refractivity (Wildman–Crippen MR) is 96.8 cm³/mol. The average molecular weight is 383 g/mol. The number of benzene rings is 1. The van der Waals surface area contributed by atoms with Crippen LogP contribution >= 0.6 is 11.8 Å². The minimum absolute atomic E-state index is 0.0151. The molecule has 0 unspecified atom stereocenters. The fourth-order valence-electron chi connectivity index (χ4n) is 2.18. The van der Waals surface area contributed by atoms with Crippen molar-refractivity contribution in [1.82, 2.24) is 15.2 Å². The van der Waals surface area contributed by atoms with E-state index >= 15 is 0 Å². The molecule has 0 spiro atoms. The maximum atomic E-state index is 12.2. The third-order valence-corrected chi connectivity index (χ3v) is 6.01. The summed E-state index contributed by atoms with van der Waals surface area (Å²) in [6.07, 6.45) is 0. The topological polar surface area (TPSA) is 101 Å². The second-order valence-corrected chi connectivity index (χ2v) is 8.17. The highest BCUT2D eigenvalue weighted by Gasteiger charge is 2.24. The number of aromatic nitrogens is 1. The monoisotopic (exact) mass is 383 g/mol. The fraction of sp³-hybridized carbons (Fsp3) is 0.375. The normalized spacial score (nSPS) is 11.4. The number of carbonyl (C=O) groups is 1. The van der Waals surface area contributed by atoms with Gasteiger partial charge in [-0.05, 0) is 19.4 Å². The number of rotatable bonds is 9. The molecule has 0 aliphatic heterocycles. The molecular formula is C16H21N3O4S2. The van der Waals surface area contributed by atoms with Crippen LogP contribution < -0.4 is 10.0 Å². The Balaban J connectivity index is 1.69. The van der Waals surface area contributed by atoms with E-state index < -0.39 is 10.0 Å². The minimum atomic E-state index is -3.82. The summed E-state index contributed by atoms with van der Waals surface area (Å²) in [7, 11) is -3.82. The zero-order valence-electron chi connectivity index (χ0n) is 14.1. The van der Waals surface area contributed by atoms with Crippen molar-refractivity contribution in [2.24, 2.45) is 0 Å². The Morgan fingerprint density at radius 3 is 2.60 bits per heavy atom.